The number of methoxy groups -OCH3 is 2. The molecular weight excluding hydrogens is 576 g/mol. The summed E-state index contributed by atoms with van der Waals surface area (Å²) in [6, 6.07) is 11.5. The molecule has 0 saturated carbocycles. The van der Waals surface area contributed by atoms with E-state index in [0.29, 0.717) is 36.9 Å². The van der Waals surface area contributed by atoms with Crippen LogP contribution in [0.5, 0.6) is 23.0 Å². The zero-order valence-electron chi connectivity index (χ0n) is 20.6. The van der Waals surface area contributed by atoms with Crippen molar-refractivity contribution in [2.45, 2.75) is 26.2 Å². The summed E-state index contributed by atoms with van der Waals surface area (Å²) in [7, 11) is 3.24. The lowest BCUT2D eigenvalue weighted by molar-refractivity contribution is -0.115. The van der Waals surface area contributed by atoms with Gasteiger partial charge in [0.05, 0.1) is 27.4 Å². The molecule has 0 fully saturated rings. The second kappa shape index (κ2) is 16.4. The zero-order chi connectivity index (χ0) is 25.5. The third-order valence-corrected chi connectivity index (χ3v) is 6.17. The molecule has 0 aliphatic carbocycles. The van der Waals surface area contributed by atoms with Crippen LogP contribution in [0.15, 0.2) is 48.6 Å². The molecule has 0 radical (unpaired) electrons. The second-order valence-corrected chi connectivity index (χ2v) is 9.53. The predicted octanol–water partition coefficient (Wildman–Crippen LogP) is 7.35. The topological polar surface area (TPSA) is 54.0 Å². The lowest BCUT2D eigenvalue weighted by Crippen LogP contribution is -2.01. The molecular formula is C28H34Br2O5. The molecule has 0 N–H and O–H groups in total. The highest BCUT2D eigenvalue weighted by atomic mass is 79.9. The van der Waals surface area contributed by atoms with Crippen molar-refractivity contribution in [3.63, 3.8) is 0 Å². The maximum atomic E-state index is 12.5. The Morgan fingerprint density at radius 1 is 0.829 bits per heavy atom. The van der Waals surface area contributed by atoms with Crippen LogP contribution >= 0.6 is 31.9 Å². The number of ketones is 1. The summed E-state index contributed by atoms with van der Waals surface area (Å²) in [5, 5.41) is 1.79. The molecule has 5 nitrogen and oxygen atoms in total. The van der Waals surface area contributed by atoms with Gasteiger partial charge >= 0.3 is 0 Å². The molecule has 2 rings (SSSR count). The Bertz CT molecular complexity index is 987. The maximum absolute atomic E-state index is 12.5. The standard InChI is InChI=1S/C28H34Br2O5/c1-21(6-7-22-9-12-25(27(19-22)32-2)34-16-4-14-29)18-24(31)11-8-23-10-13-26(28(20-23)33-3)35-17-5-15-30/h6-13,19-21H,4-5,14-18H2,1-3H3/b7-6+,11-8+. The number of halogens is 2. The lowest BCUT2D eigenvalue weighted by Gasteiger charge is -2.11. The van der Waals surface area contributed by atoms with Gasteiger partial charge in [-0.05, 0) is 60.2 Å². The lowest BCUT2D eigenvalue weighted by atomic mass is 10.0. The van der Waals surface area contributed by atoms with E-state index in [0.717, 1.165) is 40.4 Å². The summed E-state index contributed by atoms with van der Waals surface area (Å²) in [4.78, 5) is 12.5. The van der Waals surface area contributed by atoms with E-state index in [9.17, 15) is 4.79 Å². The quantitative estimate of drug-likeness (QED) is 0.113. The molecule has 0 aliphatic rings. The first kappa shape index (κ1) is 29.0. The van der Waals surface area contributed by atoms with Crippen molar-refractivity contribution < 1.29 is 23.7 Å². The van der Waals surface area contributed by atoms with Gasteiger partial charge in [-0.15, -0.1) is 0 Å². The van der Waals surface area contributed by atoms with Crippen molar-refractivity contribution in [2.24, 2.45) is 5.92 Å². The maximum Gasteiger partial charge on any atom is 0.161 e. The van der Waals surface area contributed by atoms with Crippen LogP contribution in [0, 0.1) is 5.92 Å². The van der Waals surface area contributed by atoms with E-state index < -0.39 is 0 Å². The van der Waals surface area contributed by atoms with E-state index in [1.54, 1.807) is 20.3 Å². The zero-order valence-corrected chi connectivity index (χ0v) is 23.8. The van der Waals surface area contributed by atoms with E-state index in [2.05, 4.69) is 31.9 Å². The Labute approximate surface area is 225 Å². The number of carbonyl (C=O) groups excluding carboxylic acids is 1. The molecule has 2 aromatic carbocycles. The molecule has 1 unspecified atom stereocenters. The number of alkyl halides is 2. The van der Waals surface area contributed by atoms with Gasteiger partial charge in [0.1, 0.15) is 0 Å². The van der Waals surface area contributed by atoms with Crippen molar-refractivity contribution in [3.05, 3.63) is 59.7 Å². The van der Waals surface area contributed by atoms with E-state index in [4.69, 9.17) is 18.9 Å². The fourth-order valence-electron chi connectivity index (χ4n) is 3.21. The van der Waals surface area contributed by atoms with Crippen LogP contribution in [0.4, 0.5) is 0 Å². The van der Waals surface area contributed by atoms with Gasteiger partial charge in [0.15, 0.2) is 28.8 Å². The molecule has 1 atom stereocenters. The van der Waals surface area contributed by atoms with Gasteiger partial charge in [-0.2, -0.15) is 0 Å². The third-order valence-electron chi connectivity index (χ3n) is 5.05. The molecule has 190 valence electrons. The van der Waals surface area contributed by atoms with Crippen molar-refractivity contribution in [1.82, 2.24) is 0 Å². The highest BCUT2D eigenvalue weighted by molar-refractivity contribution is 9.09. The number of allylic oxidation sites excluding steroid dienone is 2. The summed E-state index contributed by atoms with van der Waals surface area (Å²) in [6.07, 6.45) is 9.73. The fourth-order valence-corrected chi connectivity index (χ4v) is 3.66. The first-order valence-electron chi connectivity index (χ1n) is 11.6. The van der Waals surface area contributed by atoms with E-state index >= 15 is 0 Å². The van der Waals surface area contributed by atoms with Crippen LogP contribution in [-0.2, 0) is 4.79 Å². The Kier molecular flexibility index (Phi) is 13.6. The normalized spacial score (nSPS) is 12.1. The van der Waals surface area contributed by atoms with E-state index in [1.165, 1.54) is 0 Å². The molecule has 35 heavy (non-hydrogen) atoms. The highest BCUT2D eigenvalue weighted by Crippen LogP contribution is 2.30. The van der Waals surface area contributed by atoms with Gasteiger partial charge in [-0.3, -0.25) is 4.79 Å². The van der Waals surface area contributed by atoms with Crippen molar-refractivity contribution in [3.8, 4) is 23.0 Å². The Morgan fingerprint density at radius 2 is 1.34 bits per heavy atom. The molecule has 0 aromatic heterocycles. The van der Waals surface area contributed by atoms with Crippen molar-refractivity contribution >= 4 is 49.8 Å². The highest BCUT2D eigenvalue weighted by Gasteiger charge is 2.08. The molecule has 0 aliphatic heterocycles. The van der Waals surface area contributed by atoms with Crippen LogP contribution in [0.1, 0.15) is 37.3 Å². The molecule has 0 amide bonds. The van der Waals surface area contributed by atoms with Gasteiger partial charge in [0.25, 0.3) is 0 Å². The fraction of sp³-hybridized carbons (Fsp3) is 0.393. The summed E-state index contributed by atoms with van der Waals surface area (Å²) in [6.45, 7) is 3.27. The van der Waals surface area contributed by atoms with Gasteiger partial charge in [0.2, 0.25) is 0 Å². The number of carbonyl (C=O) groups is 1. The summed E-state index contributed by atoms with van der Waals surface area (Å²) in [5.41, 5.74) is 1.88. The number of rotatable bonds is 16. The van der Waals surface area contributed by atoms with Crippen LogP contribution in [0.2, 0.25) is 0 Å². The second-order valence-electron chi connectivity index (χ2n) is 7.94. The molecule has 7 heteroatoms. The largest absolute Gasteiger partial charge is 0.493 e. The van der Waals surface area contributed by atoms with E-state index in [1.807, 2.05) is 61.5 Å². The monoisotopic (exact) mass is 608 g/mol. The first-order valence-corrected chi connectivity index (χ1v) is 13.9. The number of benzene rings is 2. The Balaban J connectivity index is 1.92. The number of hydrogen-bond donors (Lipinski definition) is 0. The molecule has 2 aromatic rings. The van der Waals surface area contributed by atoms with Gasteiger partial charge in [0, 0.05) is 17.1 Å². The summed E-state index contributed by atoms with van der Waals surface area (Å²) < 4.78 is 22.4. The van der Waals surface area contributed by atoms with Crippen LogP contribution in [0.25, 0.3) is 12.2 Å². The molecule has 0 bridgehead atoms. The SMILES string of the molecule is COc1cc(/C=C/C(=O)CC(C)/C=C/c2ccc(OCCCBr)c(OC)c2)ccc1OCCCBr. The minimum atomic E-state index is 0.0619. The number of ether oxygens (including phenoxy) is 4. The smallest absolute Gasteiger partial charge is 0.161 e. The minimum absolute atomic E-state index is 0.0619. The average Bonchev–Trinajstić information content (AvgIpc) is 2.87. The Hall–Kier alpha value is -2.25. The molecule has 0 heterocycles. The molecule has 0 saturated heterocycles. The average molecular weight is 610 g/mol. The summed E-state index contributed by atoms with van der Waals surface area (Å²) in [5.74, 6) is 2.93. The third kappa shape index (κ3) is 10.5. The summed E-state index contributed by atoms with van der Waals surface area (Å²) >= 11 is 6.79. The molecule has 0 spiro atoms. The van der Waals surface area contributed by atoms with Crippen molar-refractivity contribution in [1.29, 1.82) is 0 Å². The predicted molar refractivity (Wildman–Crippen MR) is 151 cm³/mol. The minimum Gasteiger partial charge on any atom is -0.493 e. The first-order chi connectivity index (χ1) is 17.0. The van der Waals surface area contributed by atoms with Gasteiger partial charge in [-0.1, -0.05) is 69.1 Å². The van der Waals surface area contributed by atoms with Gasteiger partial charge < -0.3 is 18.9 Å². The van der Waals surface area contributed by atoms with Gasteiger partial charge in [-0.25, -0.2) is 0 Å². The Morgan fingerprint density at radius 3 is 1.83 bits per heavy atom. The van der Waals surface area contributed by atoms with E-state index in [-0.39, 0.29) is 11.7 Å². The van der Waals surface area contributed by atoms with Crippen molar-refractivity contribution in [2.75, 3.05) is 38.1 Å². The van der Waals surface area contributed by atoms with Crippen LogP contribution < -0.4 is 18.9 Å². The number of hydrogen-bond acceptors (Lipinski definition) is 5. The van der Waals surface area contributed by atoms with Crippen LogP contribution in [0.3, 0.4) is 0 Å². The van der Waals surface area contributed by atoms with Crippen LogP contribution in [-0.4, -0.2) is 43.9 Å².